The summed E-state index contributed by atoms with van der Waals surface area (Å²) in [5, 5.41) is 10.1. The molecule has 2 aromatic rings. The van der Waals surface area contributed by atoms with Crippen molar-refractivity contribution < 1.29 is 5.11 Å². The van der Waals surface area contributed by atoms with E-state index in [1.54, 1.807) is 12.4 Å². The van der Waals surface area contributed by atoms with Gasteiger partial charge in [0.1, 0.15) is 0 Å². The van der Waals surface area contributed by atoms with Gasteiger partial charge in [-0.05, 0) is 52.4 Å². The van der Waals surface area contributed by atoms with Crippen LogP contribution in [0.15, 0.2) is 53.3 Å². The third-order valence-electron chi connectivity index (χ3n) is 2.90. The maximum atomic E-state index is 10.1. The van der Waals surface area contributed by atoms with Crippen molar-refractivity contribution in [1.82, 2.24) is 4.98 Å². The Morgan fingerprint density at radius 1 is 1.17 bits per heavy atom. The molecule has 0 bridgehead atoms. The summed E-state index contributed by atoms with van der Waals surface area (Å²) in [4.78, 5) is 4.06. The predicted octanol–water partition coefficient (Wildman–Crippen LogP) is 3.90. The highest BCUT2D eigenvalue weighted by molar-refractivity contribution is 9.10. The van der Waals surface area contributed by atoms with Gasteiger partial charge in [0.2, 0.25) is 0 Å². The first-order chi connectivity index (χ1) is 8.75. The Labute approximate surface area is 116 Å². The molecule has 1 aromatic carbocycles. The molecule has 0 fully saturated rings. The summed E-state index contributed by atoms with van der Waals surface area (Å²) in [5.41, 5.74) is 2.19. The van der Waals surface area contributed by atoms with Crippen molar-refractivity contribution in [2.45, 2.75) is 25.4 Å². The van der Waals surface area contributed by atoms with Gasteiger partial charge in [0.15, 0.2) is 0 Å². The number of hydrogen-bond donors (Lipinski definition) is 1. The van der Waals surface area contributed by atoms with Gasteiger partial charge in [0.25, 0.3) is 0 Å². The van der Waals surface area contributed by atoms with E-state index in [1.807, 2.05) is 24.3 Å². The number of aliphatic hydroxyl groups is 1. The monoisotopic (exact) mass is 305 g/mol. The molecular weight excluding hydrogens is 290 g/mol. The lowest BCUT2D eigenvalue weighted by atomic mass is 10.0. The molecule has 1 unspecified atom stereocenters. The Morgan fingerprint density at radius 3 is 2.67 bits per heavy atom. The zero-order chi connectivity index (χ0) is 12.8. The van der Waals surface area contributed by atoms with E-state index in [0.717, 1.165) is 29.3 Å². The van der Waals surface area contributed by atoms with E-state index in [2.05, 4.69) is 33.0 Å². The highest BCUT2D eigenvalue weighted by Gasteiger charge is 2.08. The molecule has 3 heteroatoms. The average Bonchev–Trinajstić information content (AvgIpc) is 2.40. The van der Waals surface area contributed by atoms with Crippen molar-refractivity contribution in [2.75, 3.05) is 0 Å². The van der Waals surface area contributed by atoms with Gasteiger partial charge in [0, 0.05) is 16.9 Å². The molecule has 2 rings (SSSR count). The van der Waals surface area contributed by atoms with E-state index in [4.69, 9.17) is 0 Å². The number of aliphatic hydroxyl groups excluding tert-OH is 1. The standard InChI is InChI=1S/C15H16BrNO/c16-14-9-13(10-17-11-14)15(18)8-4-7-12-5-2-1-3-6-12/h1-3,5-6,9-11,15,18H,4,7-8H2. The minimum atomic E-state index is -0.432. The van der Waals surface area contributed by atoms with E-state index in [0.29, 0.717) is 0 Å². The zero-order valence-corrected chi connectivity index (χ0v) is 11.7. The van der Waals surface area contributed by atoms with E-state index >= 15 is 0 Å². The normalized spacial score (nSPS) is 12.3. The summed E-state index contributed by atoms with van der Waals surface area (Å²) in [6, 6.07) is 12.3. The molecule has 0 radical (unpaired) electrons. The maximum Gasteiger partial charge on any atom is 0.0805 e. The van der Waals surface area contributed by atoms with Crippen LogP contribution in [0, 0.1) is 0 Å². The number of aromatic nitrogens is 1. The minimum Gasteiger partial charge on any atom is -0.388 e. The number of nitrogens with zero attached hydrogens (tertiary/aromatic N) is 1. The number of pyridine rings is 1. The van der Waals surface area contributed by atoms with Gasteiger partial charge in [-0.15, -0.1) is 0 Å². The molecule has 2 nitrogen and oxygen atoms in total. The van der Waals surface area contributed by atoms with Gasteiger partial charge in [-0.1, -0.05) is 30.3 Å². The first-order valence-corrected chi connectivity index (χ1v) is 6.87. The van der Waals surface area contributed by atoms with Crippen LogP contribution in [0.5, 0.6) is 0 Å². The second-order valence-electron chi connectivity index (χ2n) is 4.33. The largest absolute Gasteiger partial charge is 0.388 e. The molecule has 0 aliphatic rings. The van der Waals surface area contributed by atoms with Crippen LogP contribution in [0.25, 0.3) is 0 Å². The first-order valence-electron chi connectivity index (χ1n) is 6.08. The van der Waals surface area contributed by atoms with Gasteiger partial charge < -0.3 is 5.11 Å². The smallest absolute Gasteiger partial charge is 0.0805 e. The van der Waals surface area contributed by atoms with Gasteiger partial charge >= 0.3 is 0 Å². The quantitative estimate of drug-likeness (QED) is 0.909. The van der Waals surface area contributed by atoms with E-state index in [9.17, 15) is 5.11 Å². The average molecular weight is 306 g/mol. The third kappa shape index (κ3) is 3.93. The third-order valence-corrected chi connectivity index (χ3v) is 3.33. The Balaban J connectivity index is 1.83. The SMILES string of the molecule is OC(CCCc1ccccc1)c1cncc(Br)c1. The summed E-state index contributed by atoms with van der Waals surface area (Å²) in [6.07, 6.45) is 5.74. The van der Waals surface area contributed by atoms with Crippen molar-refractivity contribution in [1.29, 1.82) is 0 Å². The van der Waals surface area contributed by atoms with Crippen LogP contribution in [-0.4, -0.2) is 10.1 Å². The lowest BCUT2D eigenvalue weighted by Crippen LogP contribution is -1.99. The lowest BCUT2D eigenvalue weighted by Gasteiger charge is -2.10. The summed E-state index contributed by atoms with van der Waals surface area (Å²) in [7, 11) is 0. The van der Waals surface area contributed by atoms with Crippen LogP contribution < -0.4 is 0 Å². The highest BCUT2D eigenvalue weighted by atomic mass is 79.9. The molecule has 0 spiro atoms. The van der Waals surface area contributed by atoms with Crippen LogP contribution in [-0.2, 0) is 6.42 Å². The molecule has 0 aliphatic heterocycles. The van der Waals surface area contributed by atoms with Crippen LogP contribution in [0.3, 0.4) is 0 Å². The Morgan fingerprint density at radius 2 is 1.94 bits per heavy atom. The Kier molecular flexibility index (Phi) is 4.90. The molecule has 0 saturated heterocycles. The molecule has 0 saturated carbocycles. The maximum absolute atomic E-state index is 10.1. The number of halogens is 1. The van der Waals surface area contributed by atoms with Crippen LogP contribution in [0.4, 0.5) is 0 Å². The molecule has 1 aromatic heterocycles. The van der Waals surface area contributed by atoms with Crippen LogP contribution in [0.1, 0.15) is 30.1 Å². The van der Waals surface area contributed by atoms with Crippen LogP contribution in [0.2, 0.25) is 0 Å². The topological polar surface area (TPSA) is 33.1 Å². The van der Waals surface area contributed by atoms with Crippen LogP contribution >= 0.6 is 15.9 Å². The van der Waals surface area contributed by atoms with Crippen molar-refractivity contribution in [3.8, 4) is 0 Å². The molecule has 1 atom stereocenters. The van der Waals surface area contributed by atoms with E-state index < -0.39 is 6.10 Å². The van der Waals surface area contributed by atoms with Crippen molar-refractivity contribution in [3.63, 3.8) is 0 Å². The lowest BCUT2D eigenvalue weighted by molar-refractivity contribution is 0.164. The summed E-state index contributed by atoms with van der Waals surface area (Å²) in [6.45, 7) is 0. The second kappa shape index (κ2) is 6.66. The zero-order valence-electron chi connectivity index (χ0n) is 10.1. The Hall–Kier alpha value is -1.19. The van der Waals surface area contributed by atoms with Crippen molar-refractivity contribution in [2.24, 2.45) is 0 Å². The Bertz CT molecular complexity index is 487. The molecule has 1 heterocycles. The summed E-state index contributed by atoms with van der Waals surface area (Å²) >= 11 is 3.36. The van der Waals surface area contributed by atoms with Crippen molar-refractivity contribution >= 4 is 15.9 Å². The van der Waals surface area contributed by atoms with Gasteiger partial charge in [-0.3, -0.25) is 4.98 Å². The molecular formula is C15H16BrNO. The van der Waals surface area contributed by atoms with E-state index in [1.165, 1.54) is 5.56 Å². The highest BCUT2D eigenvalue weighted by Crippen LogP contribution is 2.21. The van der Waals surface area contributed by atoms with E-state index in [-0.39, 0.29) is 0 Å². The van der Waals surface area contributed by atoms with Gasteiger partial charge in [0.05, 0.1) is 6.10 Å². The fraction of sp³-hybridized carbons (Fsp3) is 0.267. The fourth-order valence-corrected chi connectivity index (χ4v) is 2.30. The predicted molar refractivity (Wildman–Crippen MR) is 76.3 cm³/mol. The number of benzene rings is 1. The van der Waals surface area contributed by atoms with Gasteiger partial charge in [-0.2, -0.15) is 0 Å². The molecule has 94 valence electrons. The number of rotatable bonds is 5. The first kappa shape index (κ1) is 13.2. The summed E-state index contributed by atoms with van der Waals surface area (Å²) in [5.74, 6) is 0. The minimum absolute atomic E-state index is 0.432. The summed E-state index contributed by atoms with van der Waals surface area (Å²) < 4.78 is 0.905. The van der Waals surface area contributed by atoms with Crippen molar-refractivity contribution in [3.05, 3.63) is 64.4 Å². The molecule has 0 amide bonds. The number of aryl methyl sites for hydroxylation is 1. The second-order valence-corrected chi connectivity index (χ2v) is 5.25. The van der Waals surface area contributed by atoms with Gasteiger partial charge in [-0.25, -0.2) is 0 Å². The number of hydrogen-bond acceptors (Lipinski definition) is 2. The molecule has 18 heavy (non-hydrogen) atoms. The molecule has 0 aliphatic carbocycles. The fourth-order valence-electron chi connectivity index (χ4n) is 1.92. The molecule has 1 N–H and O–H groups in total.